The molecule has 0 radical (unpaired) electrons. The van der Waals surface area contributed by atoms with Gasteiger partial charge in [0, 0.05) is 40.8 Å². The number of nitrogen functional groups attached to an aromatic ring is 1. The minimum absolute atomic E-state index is 0.642. The van der Waals surface area contributed by atoms with Gasteiger partial charge < -0.3 is 16.1 Å². The van der Waals surface area contributed by atoms with E-state index in [-0.39, 0.29) is 0 Å². The van der Waals surface area contributed by atoms with Crippen molar-refractivity contribution in [2.75, 3.05) is 5.73 Å². The van der Waals surface area contributed by atoms with Crippen molar-refractivity contribution in [1.29, 1.82) is 5.41 Å². The van der Waals surface area contributed by atoms with Gasteiger partial charge in [0.25, 0.3) is 0 Å². The first-order valence-corrected chi connectivity index (χ1v) is 8.95. The van der Waals surface area contributed by atoms with E-state index in [1.54, 1.807) is 0 Å². The third kappa shape index (κ3) is 2.07. The number of H-pyrrole nitrogens is 1. The fourth-order valence-corrected chi connectivity index (χ4v) is 4.18. The molecule has 5 rings (SSSR count). The van der Waals surface area contributed by atoms with Gasteiger partial charge in [-0.15, -0.1) is 0 Å². The summed E-state index contributed by atoms with van der Waals surface area (Å²) in [5.41, 5.74) is 15.1. The Morgan fingerprint density at radius 3 is 2.81 bits per heavy atom. The minimum Gasteiger partial charge on any atom is -0.398 e. The van der Waals surface area contributed by atoms with E-state index in [1.807, 2.05) is 36.7 Å². The number of hydrogen-bond acceptors (Lipinski definition) is 4. The number of aromatic nitrogens is 3. The number of hydrogen-bond donors (Lipinski definition) is 3. The Kier molecular flexibility index (Phi) is 3.28. The fourth-order valence-electron chi connectivity index (χ4n) is 4.18. The highest BCUT2D eigenvalue weighted by molar-refractivity contribution is 6.06. The number of nitrogens with zero attached hydrogens (tertiary/aromatic N) is 2. The average molecular weight is 341 g/mol. The monoisotopic (exact) mass is 341 g/mol. The Bertz CT molecular complexity index is 1170. The number of aryl methyl sites for hydroxylation is 1. The van der Waals surface area contributed by atoms with Crippen LogP contribution in [0.25, 0.3) is 33.2 Å². The standard InChI is InChI=1S/C21H19N5/c22-10-14-16(23)7-8-17-19(14)12-4-1-2-5-13(12)20(26-17)15-11-25-18-6-3-9-24-21(15)18/h3,6-11,22,25H,1-2,4-5,23H2. The zero-order chi connectivity index (χ0) is 17.7. The molecule has 128 valence electrons. The molecule has 0 aliphatic heterocycles. The molecule has 3 heterocycles. The molecular formula is C21H19N5. The Balaban J connectivity index is 1.90. The number of fused-ring (bicyclic) bond motifs is 4. The molecule has 3 aromatic heterocycles. The lowest BCUT2D eigenvalue weighted by Crippen LogP contribution is -2.09. The van der Waals surface area contributed by atoms with Crippen molar-refractivity contribution in [3.8, 4) is 11.3 Å². The van der Waals surface area contributed by atoms with Crippen molar-refractivity contribution in [2.45, 2.75) is 25.7 Å². The molecule has 5 heteroatoms. The second kappa shape index (κ2) is 5.66. The molecule has 0 saturated heterocycles. The normalized spacial score (nSPS) is 13.8. The molecule has 1 aromatic carbocycles. The van der Waals surface area contributed by atoms with Crippen LogP contribution in [0.1, 0.15) is 29.5 Å². The Labute approximate surface area is 150 Å². The van der Waals surface area contributed by atoms with Gasteiger partial charge >= 0.3 is 0 Å². The highest BCUT2D eigenvalue weighted by Crippen LogP contribution is 2.38. The van der Waals surface area contributed by atoms with Crippen LogP contribution in [-0.2, 0) is 12.8 Å². The second-order valence-corrected chi connectivity index (χ2v) is 6.83. The molecule has 0 bridgehead atoms. The molecule has 0 atom stereocenters. The van der Waals surface area contributed by atoms with Crippen LogP contribution in [0.3, 0.4) is 0 Å². The molecule has 1 aliphatic rings. The molecule has 4 aromatic rings. The van der Waals surface area contributed by atoms with Crippen molar-refractivity contribution < 1.29 is 0 Å². The van der Waals surface area contributed by atoms with E-state index in [0.717, 1.165) is 64.4 Å². The maximum Gasteiger partial charge on any atom is 0.0972 e. The predicted octanol–water partition coefficient (Wildman–Crippen LogP) is 4.24. The lowest BCUT2D eigenvalue weighted by Gasteiger charge is -2.22. The second-order valence-electron chi connectivity index (χ2n) is 6.83. The van der Waals surface area contributed by atoms with Gasteiger partial charge in [-0.3, -0.25) is 4.98 Å². The largest absolute Gasteiger partial charge is 0.398 e. The molecular weight excluding hydrogens is 322 g/mol. The number of benzene rings is 1. The summed E-state index contributed by atoms with van der Waals surface area (Å²) in [4.78, 5) is 12.9. The van der Waals surface area contributed by atoms with E-state index in [0.29, 0.717) is 5.69 Å². The van der Waals surface area contributed by atoms with Crippen molar-refractivity contribution in [1.82, 2.24) is 15.0 Å². The fraction of sp³-hybridized carbons (Fsp3) is 0.190. The predicted molar refractivity (Wildman–Crippen MR) is 106 cm³/mol. The first-order chi connectivity index (χ1) is 12.8. The van der Waals surface area contributed by atoms with Gasteiger partial charge in [0.2, 0.25) is 0 Å². The highest BCUT2D eigenvalue weighted by Gasteiger charge is 2.23. The molecule has 0 fully saturated rings. The molecule has 0 spiro atoms. The highest BCUT2D eigenvalue weighted by atomic mass is 14.8. The van der Waals surface area contributed by atoms with Crippen molar-refractivity contribution in [3.05, 3.63) is 53.3 Å². The smallest absolute Gasteiger partial charge is 0.0972 e. The van der Waals surface area contributed by atoms with Gasteiger partial charge in [0.05, 0.1) is 22.2 Å². The lowest BCUT2D eigenvalue weighted by atomic mass is 9.85. The van der Waals surface area contributed by atoms with E-state index in [2.05, 4.69) is 9.97 Å². The van der Waals surface area contributed by atoms with E-state index in [1.165, 1.54) is 17.3 Å². The van der Waals surface area contributed by atoms with Crippen molar-refractivity contribution >= 4 is 33.8 Å². The third-order valence-corrected chi connectivity index (χ3v) is 5.38. The molecule has 26 heavy (non-hydrogen) atoms. The van der Waals surface area contributed by atoms with Crippen LogP contribution < -0.4 is 5.73 Å². The molecule has 5 nitrogen and oxygen atoms in total. The number of rotatable bonds is 2. The van der Waals surface area contributed by atoms with Crippen LogP contribution in [0, 0.1) is 5.41 Å². The summed E-state index contributed by atoms with van der Waals surface area (Å²) < 4.78 is 0. The van der Waals surface area contributed by atoms with Crippen LogP contribution >= 0.6 is 0 Å². The van der Waals surface area contributed by atoms with Crippen LogP contribution in [0.5, 0.6) is 0 Å². The number of anilines is 1. The zero-order valence-electron chi connectivity index (χ0n) is 14.3. The van der Waals surface area contributed by atoms with E-state index in [4.69, 9.17) is 16.1 Å². The van der Waals surface area contributed by atoms with Gasteiger partial charge in [-0.05, 0) is 61.1 Å². The summed E-state index contributed by atoms with van der Waals surface area (Å²) >= 11 is 0. The molecule has 4 N–H and O–H groups in total. The quantitative estimate of drug-likeness (QED) is 0.376. The summed E-state index contributed by atoms with van der Waals surface area (Å²) in [5, 5.41) is 8.88. The Morgan fingerprint density at radius 1 is 1.12 bits per heavy atom. The SMILES string of the molecule is N=Cc1c(N)ccc2nc(-c3c[nH]c4cccnc34)c3c(c12)CCCC3. The summed E-state index contributed by atoms with van der Waals surface area (Å²) in [7, 11) is 0. The van der Waals surface area contributed by atoms with Crippen LogP contribution in [0.4, 0.5) is 5.69 Å². The summed E-state index contributed by atoms with van der Waals surface area (Å²) in [5.74, 6) is 0. The number of pyridine rings is 2. The van der Waals surface area contributed by atoms with Crippen molar-refractivity contribution in [2.24, 2.45) is 0 Å². The minimum atomic E-state index is 0.642. The van der Waals surface area contributed by atoms with Crippen LogP contribution in [0.15, 0.2) is 36.7 Å². The first kappa shape index (κ1) is 15.1. The van der Waals surface area contributed by atoms with E-state index >= 15 is 0 Å². The maximum atomic E-state index is 7.84. The van der Waals surface area contributed by atoms with Crippen molar-refractivity contribution in [3.63, 3.8) is 0 Å². The lowest BCUT2D eigenvalue weighted by molar-refractivity contribution is 0.689. The summed E-state index contributed by atoms with van der Waals surface area (Å²) in [6.07, 6.45) is 9.51. The van der Waals surface area contributed by atoms with Crippen LogP contribution in [-0.4, -0.2) is 21.2 Å². The van der Waals surface area contributed by atoms with Gasteiger partial charge in [0.1, 0.15) is 0 Å². The van der Waals surface area contributed by atoms with Crippen LogP contribution in [0.2, 0.25) is 0 Å². The zero-order valence-corrected chi connectivity index (χ0v) is 14.3. The average Bonchev–Trinajstić information content (AvgIpc) is 3.11. The summed E-state index contributed by atoms with van der Waals surface area (Å²) in [6, 6.07) is 7.79. The molecule has 0 unspecified atom stereocenters. The van der Waals surface area contributed by atoms with Gasteiger partial charge in [-0.1, -0.05) is 0 Å². The number of aromatic amines is 1. The van der Waals surface area contributed by atoms with E-state index in [9.17, 15) is 0 Å². The Morgan fingerprint density at radius 2 is 1.96 bits per heavy atom. The molecule has 1 aliphatic carbocycles. The summed E-state index contributed by atoms with van der Waals surface area (Å²) in [6.45, 7) is 0. The first-order valence-electron chi connectivity index (χ1n) is 8.95. The third-order valence-electron chi connectivity index (χ3n) is 5.38. The van der Waals surface area contributed by atoms with Gasteiger partial charge in [0.15, 0.2) is 0 Å². The maximum absolute atomic E-state index is 7.84. The molecule has 0 amide bonds. The van der Waals surface area contributed by atoms with E-state index < -0.39 is 0 Å². The number of nitrogens with two attached hydrogens (primary N) is 1. The molecule has 0 saturated carbocycles. The number of nitrogens with one attached hydrogen (secondary N) is 2. The Hall–Kier alpha value is -3.21. The van der Waals surface area contributed by atoms with Gasteiger partial charge in [-0.25, -0.2) is 4.98 Å². The van der Waals surface area contributed by atoms with Gasteiger partial charge in [-0.2, -0.15) is 0 Å². The topological polar surface area (TPSA) is 91.4 Å².